The molecule has 3 nitrogen and oxygen atoms in total. The van der Waals surface area contributed by atoms with Crippen LogP contribution in [0.25, 0.3) is 0 Å². The number of aryl methyl sites for hydroxylation is 1. The van der Waals surface area contributed by atoms with Crippen molar-refractivity contribution in [1.29, 1.82) is 0 Å². The molecule has 2 aromatic rings. The molecular formula is C17H17ClN2O. The molecule has 1 fully saturated rings. The summed E-state index contributed by atoms with van der Waals surface area (Å²) in [7, 11) is 0. The van der Waals surface area contributed by atoms with Gasteiger partial charge in [-0.3, -0.25) is 4.79 Å². The average molecular weight is 301 g/mol. The van der Waals surface area contributed by atoms with Crippen molar-refractivity contribution in [1.82, 2.24) is 4.98 Å². The molecule has 1 aromatic carbocycles. The van der Waals surface area contributed by atoms with Crippen molar-refractivity contribution in [3.05, 3.63) is 58.7 Å². The van der Waals surface area contributed by atoms with Crippen LogP contribution in [0, 0.1) is 6.92 Å². The van der Waals surface area contributed by atoms with Crippen molar-refractivity contribution < 1.29 is 4.79 Å². The van der Waals surface area contributed by atoms with Gasteiger partial charge in [0, 0.05) is 11.2 Å². The molecule has 21 heavy (non-hydrogen) atoms. The maximum atomic E-state index is 12.7. The van der Waals surface area contributed by atoms with Crippen molar-refractivity contribution in [2.75, 3.05) is 5.32 Å². The standard InChI is InChI=1S/C17H17ClN2O/c1-12-7-10-19-15(11-12)20-16(21)17(8-2-9-17)13-3-5-14(18)6-4-13/h3-7,10-11H,2,8-9H2,1H3,(H,19,20,21). The number of amides is 1. The van der Waals surface area contributed by atoms with Gasteiger partial charge in [0.1, 0.15) is 5.82 Å². The third kappa shape index (κ3) is 2.66. The van der Waals surface area contributed by atoms with Crippen molar-refractivity contribution in [3.63, 3.8) is 0 Å². The van der Waals surface area contributed by atoms with Crippen molar-refractivity contribution >= 4 is 23.3 Å². The van der Waals surface area contributed by atoms with Crippen LogP contribution < -0.4 is 5.32 Å². The van der Waals surface area contributed by atoms with Gasteiger partial charge in [0.05, 0.1) is 5.41 Å². The number of halogens is 1. The number of hydrogen-bond donors (Lipinski definition) is 1. The molecule has 1 aliphatic rings. The molecule has 108 valence electrons. The topological polar surface area (TPSA) is 42.0 Å². The summed E-state index contributed by atoms with van der Waals surface area (Å²) in [6, 6.07) is 11.4. The fourth-order valence-corrected chi connectivity index (χ4v) is 2.91. The highest BCUT2D eigenvalue weighted by Gasteiger charge is 2.45. The molecule has 1 amide bonds. The van der Waals surface area contributed by atoms with Gasteiger partial charge in [-0.05, 0) is 55.2 Å². The van der Waals surface area contributed by atoms with Crippen LogP contribution in [-0.4, -0.2) is 10.9 Å². The minimum atomic E-state index is -0.435. The van der Waals surface area contributed by atoms with Crippen molar-refractivity contribution in [2.45, 2.75) is 31.6 Å². The monoisotopic (exact) mass is 300 g/mol. The van der Waals surface area contributed by atoms with E-state index < -0.39 is 5.41 Å². The van der Waals surface area contributed by atoms with E-state index in [1.807, 2.05) is 43.3 Å². The normalized spacial score (nSPS) is 16.1. The molecule has 0 unspecified atom stereocenters. The van der Waals surface area contributed by atoms with Gasteiger partial charge >= 0.3 is 0 Å². The maximum absolute atomic E-state index is 12.7. The quantitative estimate of drug-likeness (QED) is 0.927. The largest absolute Gasteiger partial charge is 0.310 e. The highest BCUT2D eigenvalue weighted by molar-refractivity contribution is 6.30. The molecule has 4 heteroatoms. The lowest BCUT2D eigenvalue weighted by Gasteiger charge is -2.40. The van der Waals surface area contributed by atoms with Gasteiger partial charge in [-0.1, -0.05) is 30.2 Å². The molecule has 1 saturated carbocycles. The lowest BCUT2D eigenvalue weighted by Crippen LogP contribution is -2.46. The predicted octanol–water partition coefficient (Wildman–Crippen LogP) is 4.10. The first-order valence-electron chi connectivity index (χ1n) is 7.10. The first-order chi connectivity index (χ1) is 10.1. The van der Waals surface area contributed by atoms with Gasteiger partial charge in [0.2, 0.25) is 5.91 Å². The van der Waals surface area contributed by atoms with Gasteiger partial charge in [0.15, 0.2) is 0 Å². The third-order valence-corrected chi connectivity index (χ3v) is 4.45. The summed E-state index contributed by atoms with van der Waals surface area (Å²) in [6.07, 6.45) is 4.51. The summed E-state index contributed by atoms with van der Waals surface area (Å²) in [4.78, 5) is 16.9. The van der Waals surface area contributed by atoms with E-state index in [1.54, 1.807) is 6.20 Å². The number of benzene rings is 1. The first kappa shape index (κ1) is 14.1. The van der Waals surface area contributed by atoms with Crippen LogP contribution in [0.1, 0.15) is 30.4 Å². The first-order valence-corrected chi connectivity index (χ1v) is 7.48. The van der Waals surface area contributed by atoms with E-state index in [0.717, 1.165) is 30.4 Å². The van der Waals surface area contributed by atoms with E-state index in [0.29, 0.717) is 10.8 Å². The fourth-order valence-electron chi connectivity index (χ4n) is 2.79. The summed E-state index contributed by atoms with van der Waals surface area (Å²) in [5.41, 5.74) is 1.67. The Labute approximate surface area is 129 Å². The molecule has 1 aliphatic carbocycles. The van der Waals surface area contributed by atoms with E-state index in [9.17, 15) is 4.79 Å². The number of nitrogens with zero attached hydrogens (tertiary/aromatic N) is 1. The van der Waals surface area contributed by atoms with Gasteiger partial charge in [-0.15, -0.1) is 0 Å². The molecule has 0 radical (unpaired) electrons. The Bertz CT molecular complexity index is 663. The molecule has 0 aliphatic heterocycles. The summed E-state index contributed by atoms with van der Waals surface area (Å²) in [5, 5.41) is 3.64. The summed E-state index contributed by atoms with van der Waals surface area (Å²) >= 11 is 5.94. The summed E-state index contributed by atoms with van der Waals surface area (Å²) < 4.78 is 0. The molecule has 1 aromatic heterocycles. The molecule has 1 N–H and O–H groups in total. The van der Waals surface area contributed by atoms with Crippen LogP contribution in [0.4, 0.5) is 5.82 Å². The lowest BCUT2D eigenvalue weighted by atomic mass is 9.64. The molecule has 1 heterocycles. The number of carbonyl (C=O) groups excluding carboxylic acids is 1. The molecule has 0 atom stereocenters. The number of pyridine rings is 1. The van der Waals surface area contributed by atoms with Crippen LogP contribution >= 0.6 is 11.6 Å². The SMILES string of the molecule is Cc1ccnc(NC(=O)C2(c3ccc(Cl)cc3)CCC2)c1. The Balaban J connectivity index is 1.85. The predicted molar refractivity (Wildman–Crippen MR) is 84.6 cm³/mol. The van der Waals surface area contributed by atoms with Crippen LogP contribution in [-0.2, 0) is 10.2 Å². The Morgan fingerprint density at radius 2 is 1.95 bits per heavy atom. The van der Waals surface area contributed by atoms with Crippen LogP contribution in [0.3, 0.4) is 0 Å². The van der Waals surface area contributed by atoms with E-state index >= 15 is 0 Å². The zero-order chi connectivity index (χ0) is 14.9. The third-order valence-electron chi connectivity index (χ3n) is 4.20. The summed E-state index contributed by atoms with van der Waals surface area (Å²) in [6.45, 7) is 1.98. The smallest absolute Gasteiger partial charge is 0.236 e. The summed E-state index contributed by atoms with van der Waals surface area (Å²) in [5.74, 6) is 0.634. The van der Waals surface area contributed by atoms with Crippen LogP contribution in [0.5, 0.6) is 0 Å². The minimum Gasteiger partial charge on any atom is -0.310 e. The molecule has 0 saturated heterocycles. The molecule has 0 bridgehead atoms. The van der Waals surface area contributed by atoms with Crippen molar-refractivity contribution in [3.8, 4) is 0 Å². The van der Waals surface area contributed by atoms with Gasteiger partial charge in [-0.25, -0.2) is 4.98 Å². The maximum Gasteiger partial charge on any atom is 0.236 e. The second-order valence-electron chi connectivity index (χ2n) is 5.62. The number of aromatic nitrogens is 1. The second kappa shape index (κ2) is 5.49. The van der Waals surface area contributed by atoms with E-state index in [4.69, 9.17) is 11.6 Å². The van der Waals surface area contributed by atoms with Gasteiger partial charge in [-0.2, -0.15) is 0 Å². The number of hydrogen-bond acceptors (Lipinski definition) is 2. The molecule has 0 spiro atoms. The molecular weight excluding hydrogens is 284 g/mol. The van der Waals surface area contributed by atoms with Crippen LogP contribution in [0.2, 0.25) is 5.02 Å². The van der Waals surface area contributed by atoms with E-state index in [2.05, 4.69) is 10.3 Å². The van der Waals surface area contributed by atoms with Crippen LogP contribution in [0.15, 0.2) is 42.6 Å². The van der Waals surface area contributed by atoms with E-state index in [-0.39, 0.29) is 5.91 Å². The van der Waals surface area contributed by atoms with Gasteiger partial charge in [0.25, 0.3) is 0 Å². The highest BCUT2D eigenvalue weighted by Crippen LogP contribution is 2.44. The van der Waals surface area contributed by atoms with E-state index in [1.165, 1.54) is 0 Å². The zero-order valence-electron chi connectivity index (χ0n) is 11.9. The highest BCUT2D eigenvalue weighted by atomic mass is 35.5. The lowest BCUT2D eigenvalue weighted by molar-refractivity contribution is -0.124. The Morgan fingerprint density at radius 3 is 2.52 bits per heavy atom. The second-order valence-corrected chi connectivity index (χ2v) is 6.05. The zero-order valence-corrected chi connectivity index (χ0v) is 12.7. The number of carbonyl (C=O) groups is 1. The van der Waals surface area contributed by atoms with Crippen molar-refractivity contribution in [2.24, 2.45) is 0 Å². The number of nitrogens with one attached hydrogen (secondary N) is 1. The Morgan fingerprint density at radius 1 is 1.24 bits per heavy atom. The fraction of sp³-hybridized carbons (Fsp3) is 0.294. The minimum absolute atomic E-state index is 0.0224. The van der Waals surface area contributed by atoms with Gasteiger partial charge < -0.3 is 5.32 Å². The Kier molecular flexibility index (Phi) is 3.68. The molecule has 3 rings (SSSR count). The Hall–Kier alpha value is -1.87. The number of anilines is 1. The number of rotatable bonds is 3. The average Bonchev–Trinajstić information content (AvgIpc) is 2.39.